The van der Waals surface area contributed by atoms with Crippen LogP contribution in [0.2, 0.25) is 0 Å². The number of hydrogen-bond donors (Lipinski definition) is 1. The second-order valence-corrected chi connectivity index (χ2v) is 11.6. The molecule has 7 nitrogen and oxygen atoms in total. The largest absolute Gasteiger partial charge is 0.381 e. The second-order valence-electron chi connectivity index (χ2n) is 8.96. The minimum Gasteiger partial charge on any atom is -0.381 e. The van der Waals surface area contributed by atoms with E-state index in [1.165, 1.54) is 6.08 Å². The number of benzene rings is 1. The molecule has 0 saturated heterocycles. The summed E-state index contributed by atoms with van der Waals surface area (Å²) in [7, 11) is -3.99. The standard InChI is InChI=1S/C25H20BrN3O4S/c1-14-2-4-16(5-3-14)34(32,33)29-13-15-7-10-27-21-19(15)23(29)24(31)22-20(21)25(9-11-28-22)8-6-18(30)17(26)12-25/h2-6,8,12-13,28H,7,9-11H2,1H3. The van der Waals surface area contributed by atoms with E-state index in [9.17, 15) is 18.0 Å². The molecule has 4 aliphatic rings. The first-order chi connectivity index (χ1) is 16.2. The number of allylic oxidation sites excluding steroid dienone is 6. The Labute approximate surface area is 205 Å². The maximum absolute atomic E-state index is 13.9. The SMILES string of the molecule is Cc1ccc(S(=O)(=O)n2cc3c4c2C(=O)C2=C(C4=NCC3)C3(C=CC(=O)C(Br)=C3)CCN2)cc1. The molecule has 1 aromatic carbocycles. The van der Waals surface area contributed by atoms with E-state index in [0.717, 1.165) is 15.1 Å². The van der Waals surface area contributed by atoms with Gasteiger partial charge in [0.2, 0.25) is 5.78 Å². The predicted molar refractivity (Wildman–Crippen MR) is 131 cm³/mol. The lowest BCUT2D eigenvalue weighted by Crippen LogP contribution is -2.45. The van der Waals surface area contributed by atoms with Crippen LogP contribution in [0, 0.1) is 12.3 Å². The van der Waals surface area contributed by atoms with Gasteiger partial charge in [-0.3, -0.25) is 14.6 Å². The van der Waals surface area contributed by atoms with Crippen molar-refractivity contribution in [2.45, 2.75) is 24.7 Å². The zero-order valence-electron chi connectivity index (χ0n) is 18.3. The molecule has 2 aliphatic heterocycles. The van der Waals surface area contributed by atoms with Crippen molar-refractivity contribution in [1.82, 2.24) is 9.29 Å². The predicted octanol–water partition coefficient (Wildman–Crippen LogP) is 3.23. The van der Waals surface area contributed by atoms with Crippen LogP contribution in [-0.2, 0) is 21.2 Å². The zero-order chi connectivity index (χ0) is 23.8. The zero-order valence-corrected chi connectivity index (χ0v) is 20.7. The van der Waals surface area contributed by atoms with Crippen molar-refractivity contribution in [2.75, 3.05) is 13.1 Å². The van der Waals surface area contributed by atoms with Gasteiger partial charge < -0.3 is 5.32 Å². The maximum Gasteiger partial charge on any atom is 0.268 e. The van der Waals surface area contributed by atoms with Gasteiger partial charge in [0.25, 0.3) is 10.0 Å². The molecule has 0 radical (unpaired) electrons. The number of aryl methyl sites for hydroxylation is 1. The summed E-state index contributed by atoms with van der Waals surface area (Å²) in [6, 6.07) is 6.60. The van der Waals surface area contributed by atoms with E-state index in [4.69, 9.17) is 4.99 Å². The van der Waals surface area contributed by atoms with E-state index in [2.05, 4.69) is 21.2 Å². The lowest BCUT2D eigenvalue weighted by molar-refractivity contribution is -0.110. The number of aromatic nitrogens is 1. The first kappa shape index (κ1) is 21.5. The molecule has 0 fully saturated rings. The fourth-order valence-electron chi connectivity index (χ4n) is 5.24. The van der Waals surface area contributed by atoms with Gasteiger partial charge in [-0.05, 0) is 59.5 Å². The molecule has 0 saturated carbocycles. The molecule has 9 heteroatoms. The number of rotatable bonds is 2. The fourth-order valence-corrected chi connectivity index (χ4v) is 7.17. The molecule has 34 heavy (non-hydrogen) atoms. The Morgan fingerprint density at radius 3 is 2.68 bits per heavy atom. The maximum atomic E-state index is 13.9. The summed E-state index contributed by atoms with van der Waals surface area (Å²) in [5.41, 5.74) is 3.46. The van der Waals surface area contributed by atoms with E-state index < -0.39 is 15.4 Å². The van der Waals surface area contributed by atoms with Gasteiger partial charge in [0.15, 0.2) is 5.78 Å². The van der Waals surface area contributed by atoms with Crippen LogP contribution in [-0.4, -0.2) is 42.8 Å². The van der Waals surface area contributed by atoms with Gasteiger partial charge in [0, 0.05) is 35.8 Å². The van der Waals surface area contributed by atoms with Gasteiger partial charge in [0.1, 0.15) is 5.69 Å². The molecule has 0 bridgehead atoms. The quantitative estimate of drug-likeness (QED) is 0.634. The molecule has 6 rings (SSSR count). The van der Waals surface area contributed by atoms with E-state index in [-0.39, 0.29) is 22.2 Å². The van der Waals surface area contributed by atoms with Gasteiger partial charge in [-0.2, -0.15) is 0 Å². The molecule has 1 N–H and O–H groups in total. The van der Waals surface area contributed by atoms with Crippen molar-refractivity contribution >= 4 is 43.2 Å². The second kappa shape index (κ2) is 7.23. The monoisotopic (exact) mass is 537 g/mol. The van der Waals surface area contributed by atoms with Crippen LogP contribution in [0.25, 0.3) is 0 Å². The van der Waals surface area contributed by atoms with Gasteiger partial charge in [0.05, 0.1) is 20.8 Å². The summed E-state index contributed by atoms with van der Waals surface area (Å²) in [5.74, 6) is -0.502. The van der Waals surface area contributed by atoms with Gasteiger partial charge in [-0.25, -0.2) is 12.4 Å². The molecule has 1 spiro atoms. The van der Waals surface area contributed by atoms with Gasteiger partial charge in [-0.15, -0.1) is 0 Å². The van der Waals surface area contributed by atoms with Crippen molar-refractivity contribution in [3.05, 3.63) is 86.8 Å². The Bertz CT molecular complexity index is 1540. The number of fused-ring (bicyclic) bond motifs is 2. The number of carbonyl (C=O) groups is 2. The molecule has 1 atom stereocenters. The Morgan fingerprint density at radius 1 is 1.18 bits per heavy atom. The van der Waals surface area contributed by atoms with E-state index >= 15 is 0 Å². The van der Waals surface area contributed by atoms with Crippen LogP contribution in [0.5, 0.6) is 0 Å². The molecule has 2 aliphatic carbocycles. The summed E-state index contributed by atoms with van der Waals surface area (Å²) < 4.78 is 28.8. The highest BCUT2D eigenvalue weighted by Gasteiger charge is 2.48. The molecular weight excluding hydrogens is 518 g/mol. The third-order valence-electron chi connectivity index (χ3n) is 6.90. The van der Waals surface area contributed by atoms with Crippen molar-refractivity contribution in [3.63, 3.8) is 0 Å². The number of aliphatic imine (C=N–C) groups is 1. The van der Waals surface area contributed by atoms with Crippen LogP contribution in [0.4, 0.5) is 0 Å². The number of halogens is 1. The normalized spacial score (nSPS) is 23.4. The summed E-state index contributed by atoms with van der Waals surface area (Å²) in [5, 5.41) is 3.21. The first-order valence-electron chi connectivity index (χ1n) is 11.0. The summed E-state index contributed by atoms with van der Waals surface area (Å²) in [6.45, 7) is 2.88. The minimum absolute atomic E-state index is 0.122. The topological polar surface area (TPSA) is 97.6 Å². The van der Waals surface area contributed by atoms with Gasteiger partial charge >= 0.3 is 0 Å². The summed E-state index contributed by atoms with van der Waals surface area (Å²) in [6.07, 6.45) is 7.98. The van der Waals surface area contributed by atoms with Crippen molar-refractivity contribution < 1.29 is 18.0 Å². The molecule has 3 heterocycles. The smallest absolute Gasteiger partial charge is 0.268 e. The van der Waals surface area contributed by atoms with E-state index in [1.54, 1.807) is 30.5 Å². The molecule has 0 amide bonds. The Hall–Kier alpha value is -3.04. The highest BCUT2D eigenvalue weighted by Crippen LogP contribution is 2.48. The van der Waals surface area contributed by atoms with E-state index in [1.807, 2.05) is 19.1 Å². The molecule has 1 aromatic heterocycles. The number of hydrogen-bond acceptors (Lipinski definition) is 6. The van der Waals surface area contributed by atoms with Crippen LogP contribution in [0.15, 0.2) is 74.3 Å². The lowest BCUT2D eigenvalue weighted by atomic mass is 9.66. The van der Waals surface area contributed by atoms with Crippen molar-refractivity contribution in [1.29, 1.82) is 0 Å². The first-order valence-corrected chi connectivity index (χ1v) is 13.2. The number of carbonyl (C=O) groups excluding carboxylic acids is 2. The van der Waals surface area contributed by atoms with Crippen LogP contribution < -0.4 is 5.32 Å². The average molecular weight is 538 g/mol. The molecule has 1 unspecified atom stereocenters. The van der Waals surface area contributed by atoms with Crippen LogP contribution in [0.3, 0.4) is 0 Å². The Kier molecular flexibility index (Phi) is 4.57. The fraction of sp³-hybridized carbons (Fsp3) is 0.240. The highest BCUT2D eigenvalue weighted by atomic mass is 79.9. The molecule has 2 aromatic rings. The van der Waals surface area contributed by atoms with Crippen molar-refractivity contribution in [3.8, 4) is 0 Å². The third kappa shape index (κ3) is 2.86. The summed E-state index contributed by atoms with van der Waals surface area (Å²) in [4.78, 5) is 30.9. The average Bonchev–Trinajstić information content (AvgIpc) is 3.22. The van der Waals surface area contributed by atoms with Gasteiger partial charge in [-0.1, -0.05) is 29.8 Å². The van der Waals surface area contributed by atoms with Crippen molar-refractivity contribution in [2.24, 2.45) is 10.4 Å². The molecule has 172 valence electrons. The highest BCUT2D eigenvalue weighted by molar-refractivity contribution is 9.12. The third-order valence-corrected chi connectivity index (χ3v) is 9.20. The summed E-state index contributed by atoms with van der Waals surface area (Å²) >= 11 is 3.37. The number of Topliss-reactive ketones (excluding diaryl/α,β-unsaturated/α-hetero) is 1. The van der Waals surface area contributed by atoms with Crippen LogP contribution in [0.1, 0.15) is 33.6 Å². The Morgan fingerprint density at radius 2 is 1.94 bits per heavy atom. The number of nitrogens with zero attached hydrogens (tertiary/aromatic N) is 2. The Balaban J connectivity index is 1.59. The van der Waals surface area contributed by atoms with E-state index in [0.29, 0.717) is 53.0 Å². The number of ketones is 2. The minimum atomic E-state index is -3.99. The van der Waals surface area contributed by atoms with Crippen LogP contribution >= 0.6 is 15.9 Å². The lowest BCUT2D eigenvalue weighted by Gasteiger charge is -2.41. The molecular formula is C25H20BrN3O4S. The number of nitrogens with one attached hydrogen (secondary N) is 1.